The van der Waals surface area contributed by atoms with E-state index in [0.29, 0.717) is 5.69 Å². The molecule has 0 aliphatic rings. The van der Waals surface area contributed by atoms with Gasteiger partial charge in [0, 0.05) is 15.7 Å². The van der Waals surface area contributed by atoms with Gasteiger partial charge in [-0.05, 0) is 35.7 Å². The van der Waals surface area contributed by atoms with E-state index in [1.165, 1.54) is 5.56 Å². The van der Waals surface area contributed by atoms with Gasteiger partial charge >= 0.3 is 0 Å². The standard InChI is InChI=1S/C16H18BrNO/c1-2-3-11-4-6-12(7-5-11)16(19)14-10-13(17)8-9-15(14)18/h4-10,16,19H,2-3,18H2,1H3. The molecule has 0 aliphatic carbocycles. The Morgan fingerprint density at radius 1 is 1.16 bits per heavy atom. The first-order chi connectivity index (χ1) is 9.11. The highest BCUT2D eigenvalue weighted by atomic mass is 79.9. The number of aliphatic hydroxyl groups is 1. The Bertz CT molecular complexity index is 551. The summed E-state index contributed by atoms with van der Waals surface area (Å²) in [7, 11) is 0. The van der Waals surface area contributed by atoms with Gasteiger partial charge in [0.25, 0.3) is 0 Å². The number of anilines is 1. The van der Waals surface area contributed by atoms with E-state index in [0.717, 1.165) is 28.4 Å². The molecule has 1 atom stereocenters. The van der Waals surface area contributed by atoms with E-state index in [9.17, 15) is 5.11 Å². The van der Waals surface area contributed by atoms with Crippen molar-refractivity contribution in [2.24, 2.45) is 0 Å². The van der Waals surface area contributed by atoms with Crippen molar-refractivity contribution >= 4 is 21.6 Å². The average molecular weight is 320 g/mol. The summed E-state index contributed by atoms with van der Waals surface area (Å²) in [6.45, 7) is 2.16. The van der Waals surface area contributed by atoms with Crippen molar-refractivity contribution in [2.45, 2.75) is 25.9 Å². The molecule has 0 bridgehead atoms. The molecule has 1 unspecified atom stereocenters. The Kier molecular flexibility index (Phi) is 4.61. The van der Waals surface area contributed by atoms with Gasteiger partial charge in [0.1, 0.15) is 6.10 Å². The minimum atomic E-state index is -0.687. The van der Waals surface area contributed by atoms with Gasteiger partial charge in [-0.15, -0.1) is 0 Å². The molecule has 0 spiro atoms. The Hall–Kier alpha value is -1.32. The van der Waals surface area contributed by atoms with Gasteiger partial charge < -0.3 is 10.8 Å². The average Bonchev–Trinajstić information content (AvgIpc) is 2.42. The van der Waals surface area contributed by atoms with Crippen LogP contribution >= 0.6 is 15.9 Å². The Balaban J connectivity index is 2.27. The van der Waals surface area contributed by atoms with Crippen molar-refractivity contribution in [3.63, 3.8) is 0 Å². The van der Waals surface area contributed by atoms with Crippen LogP contribution in [-0.2, 0) is 6.42 Å². The van der Waals surface area contributed by atoms with E-state index in [-0.39, 0.29) is 0 Å². The van der Waals surface area contributed by atoms with Gasteiger partial charge in [-0.2, -0.15) is 0 Å². The zero-order valence-corrected chi connectivity index (χ0v) is 12.5. The Labute approximate surface area is 122 Å². The lowest BCUT2D eigenvalue weighted by atomic mass is 9.98. The third-order valence-electron chi connectivity index (χ3n) is 3.18. The van der Waals surface area contributed by atoms with Crippen LogP contribution in [-0.4, -0.2) is 5.11 Å². The number of hydrogen-bond acceptors (Lipinski definition) is 2. The second kappa shape index (κ2) is 6.22. The maximum atomic E-state index is 10.4. The number of halogens is 1. The molecule has 0 aromatic heterocycles. The van der Waals surface area contributed by atoms with Gasteiger partial charge in [-0.3, -0.25) is 0 Å². The van der Waals surface area contributed by atoms with Crippen molar-refractivity contribution < 1.29 is 5.11 Å². The maximum Gasteiger partial charge on any atom is 0.106 e. The van der Waals surface area contributed by atoms with Crippen LogP contribution in [0, 0.1) is 0 Å². The number of hydrogen-bond donors (Lipinski definition) is 2. The zero-order valence-electron chi connectivity index (χ0n) is 10.9. The Morgan fingerprint density at radius 3 is 2.47 bits per heavy atom. The summed E-state index contributed by atoms with van der Waals surface area (Å²) >= 11 is 3.40. The van der Waals surface area contributed by atoms with E-state index >= 15 is 0 Å². The highest BCUT2D eigenvalue weighted by Gasteiger charge is 2.13. The minimum absolute atomic E-state index is 0.605. The van der Waals surface area contributed by atoms with E-state index < -0.39 is 6.10 Å². The summed E-state index contributed by atoms with van der Waals surface area (Å²) in [6, 6.07) is 13.6. The van der Waals surface area contributed by atoms with Crippen LogP contribution in [0.4, 0.5) is 5.69 Å². The summed E-state index contributed by atoms with van der Waals surface area (Å²) in [5.41, 5.74) is 9.42. The fourth-order valence-corrected chi connectivity index (χ4v) is 2.50. The van der Waals surface area contributed by atoms with Gasteiger partial charge in [0.2, 0.25) is 0 Å². The molecule has 2 aromatic rings. The molecule has 100 valence electrons. The van der Waals surface area contributed by atoms with Gasteiger partial charge in [-0.25, -0.2) is 0 Å². The molecule has 2 nitrogen and oxygen atoms in total. The molecule has 0 radical (unpaired) electrons. The molecule has 0 saturated heterocycles. The van der Waals surface area contributed by atoms with Gasteiger partial charge in [0.15, 0.2) is 0 Å². The summed E-state index contributed by atoms with van der Waals surface area (Å²) < 4.78 is 0.915. The van der Waals surface area contributed by atoms with E-state index in [1.54, 1.807) is 6.07 Å². The summed E-state index contributed by atoms with van der Waals surface area (Å²) in [4.78, 5) is 0. The third kappa shape index (κ3) is 3.37. The Morgan fingerprint density at radius 2 is 1.84 bits per heavy atom. The van der Waals surface area contributed by atoms with Gasteiger partial charge in [-0.1, -0.05) is 53.5 Å². The summed E-state index contributed by atoms with van der Waals surface area (Å²) in [6.07, 6.45) is 1.50. The highest BCUT2D eigenvalue weighted by molar-refractivity contribution is 9.10. The quantitative estimate of drug-likeness (QED) is 0.834. The number of nitrogens with two attached hydrogens (primary N) is 1. The van der Waals surface area contributed by atoms with Crippen molar-refractivity contribution in [2.75, 3.05) is 5.73 Å². The first-order valence-corrected chi connectivity index (χ1v) is 7.23. The van der Waals surface area contributed by atoms with E-state index in [1.807, 2.05) is 24.3 Å². The van der Waals surface area contributed by atoms with Crippen LogP contribution < -0.4 is 5.73 Å². The predicted molar refractivity (Wildman–Crippen MR) is 83.1 cm³/mol. The van der Waals surface area contributed by atoms with Crippen molar-refractivity contribution in [1.29, 1.82) is 0 Å². The molecule has 0 amide bonds. The van der Waals surface area contributed by atoms with Crippen LogP contribution in [0.25, 0.3) is 0 Å². The number of aryl methyl sites for hydroxylation is 1. The molecule has 2 rings (SSSR count). The van der Waals surface area contributed by atoms with Crippen LogP contribution in [0.15, 0.2) is 46.9 Å². The second-order valence-electron chi connectivity index (χ2n) is 4.67. The minimum Gasteiger partial charge on any atom is -0.398 e. The molecular weight excluding hydrogens is 302 g/mol. The number of benzene rings is 2. The second-order valence-corrected chi connectivity index (χ2v) is 5.58. The molecular formula is C16H18BrNO. The fourth-order valence-electron chi connectivity index (χ4n) is 2.12. The van der Waals surface area contributed by atoms with Crippen LogP contribution in [0.2, 0.25) is 0 Å². The zero-order chi connectivity index (χ0) is 13.8. The highest BCUT2D eigenvalue weighted by Crippen LogP contribution is 2.29. The first kappa shape index (κ1) is 14.1. The molecule has 3 N–H and O–H groups in total. The largest absolute Gasteiger partial charge is 0.398 e. The van der Waals surface area contributed by atoms with Crippen molar-refractivity contribution in [1.82, 2.24) is 0 Å². The predicted octanol–water partition coefficient (Wildman–Crippen LogP) is 4.07. The molecule has 3 heteroatoms. The van der Waals surface area contributed by atoms with Crippen molar-refractivity contribution in [3.8, 4) is 0 Å². The lowest BCUT2D eigenvalue weighted by Crippen LogP contribution is -2.04. The van der Waals surface area contributed by atoms with Crippen LogP contribution in [0.1, 0.15) is 36.1 Å². The number of rotatable bonds is 4. The van der Waals surface area contributed by atoms with Crippen LogP contribution in [0.5, 0.6) is 0 Å². The smallest absolute Gasteiger partial charge is 0.106 e. The normalized spacial score (nSPS) is 12.4. The molecule has 0 saturated carbocycles. The van der Waals surface area contributed by atoms with E-state index in [2.05, 4.69) is 35.0 Å². The van der Waals surface area contributed by atoms with Crippen LogP contribution in [0.3, 0.4) is 0 Å². The SMILES string of the molecule is CCCc1ccc(C(O)c2cc(Br)ccc2N)cc1. The lowest BCUT2D eigenvalue weighted by molar-refractivity contribution is 0.221. The first-order valence-electron chi connectivity index (χ1n) is 6.43. The lowest BCUT2D eigenvalue weighted by Gasteiger charge is -2.15. The molecule has 0 heterocycles. The molecule has 19 heavy (non-hydrogen) atoms. The topological polar surface area (TPSA) is 46.2 Å². The number of aliphatic hydroxyl groups excluding tert-OH is 1. The fraction of sp³-hybridized carbons (Fsp3) is 0.250. The molecule has 0 fully saturated rings. The summed E-state index contributed by atoms with van der Waals surface area (Å²) in [5, 5.41) is 10.4. The molecule has 2 aromatic carbocycles. The summed E-state index contributed by atoms with van der Waals surface area (Å²) in [5.74, 6) is 0. The monoisotopic (exact) mass is 319 g/mol. The molecule has 0 aliphatic heterocycles. The van der Waals surface area contributed by atoms with Crippen molar-refractivity contribution in [3.05, 3.63) is 63.6 Å². The van der Waals surface area contributed by atoms with Gasteiger partial charge in [0.05, 0.1) is 0 Å². The number of nitrogen functional groups attached to an aromatic ring is 1. The third-order valence-corrected chi connectivity index (χ3v) is 3.67. The maximum absolute atomic E-state index is 10.4. The van der Waals surface area contributed by atoms with E-state index in [4.69, 9.17) is 5.73 Å².